The van der Waals surface area contributed by atoms with E-state index in [1.54, 1.807) is 16.8 Å². The van der Waals surface area contributed by atoms with Crippen LogP contribution in [0, 0.1) is 17.8 Å². The molecule has 6 heteroatoms. The number of hydrogen-bond donors (Lipinski definition) is 1. The van der Waals surface area contributed by atoms with E-state index in [1.807, 2.05) is 6.92 Å². The van der Waals surface area contributed by atoms with Crippen molar-refractivity contribution >= 4 is 12.0 Å². The normalized spacial score (nSPS) is 25.8. The maximum absolute atomic E-state index is 12.2. The number of hydrogen-bond acceptors (Lipinski definition) is 3. The SMILES string of the molecule is CC1CN(C(=O)N(C)CCOCC2CC2)CC1C(=O)O. The van der Waals surface area contributed by atoms with Gasteiger partial charge in [0.25, 0.3) is 0 Å². The van der Waals surface area contributed by atoms with Gasteiger partial charge in [0.1, 0.15) is 0 Å². The maximum atomic E-state index is 12.2. The highest BCUT2D eigenvalue weighted by atomic mass is 16.5. The standard InChI is InChI=1S/C14H24N2O4/c1-10-7-16(8-12(10)13(17)18)14(19)15(2)5-6-20-9-11-3-4-11/h10-12H,3-9H2,1-2H3,(H,17,18). The van der Waals surface area contributed by atoms with Crippen molar-refractivity contribution in [2.45, 2.75) is 19.8 Å². The number of carbonyl (C=O) groups is 2. The van der Waals surface area contributed by atoms with Gasteiger partial charge < -0.3 is 19.6 Å². The summed E-state index contributed by atoms with van der Waals surface area (Å²) in [5.74, 6) is -0.524. The molecule has 1 N–H and O–H groups in total. The first-order valence-electron chi connectivity index (χ1n) is 7.29. The number of nitrogens with zero attached hydrogens (tertiary/aromatic N) is 2. The Morgan fingerprint density at radius 2 is 2.05 bits per heavy atom. The molecule has 1 saturated carbocycles. The molecule has 2 aliphatic rings. The van der Waals surface area contributed by atoms with Crippen molar-refractivity contribution < 1.29 is 19.4 Å². The minimum Gasteiger partial charge on any atom is -0.481 e. The van der Waals surface area contributed by atoms with E-state index in [-0.39, 0.29) is 11.9 Å². The monoisotopic (exact) mass is 284 g/mol. The number of likely N-dealkylation sites (tertiary alicyclic amines) is 1. The van der Waals surface area contributed by atoms with Crippen LogP contribution in [0.2, 0.25) is 0 Å². The number of urea groups is 1. The highest BCUT2D eigenvalue weighted by Gasteiger charge is 2.37. The van der Waals surface area contributed by atoms with E-state index in [0.717, 1.165) is 12.5 Å². The molecule has 0 aromatic rings. The summed E-state index contributed by atoms with van der Waals surface area (Å²) in [6.07, 6.45) is 2.52. The molecule has 2 atom stereocenters. The third-order valence-electron chi connectivity index (χ3n) is 4.15. The summed E-state index contributed by atoms with van der Waals surface area (Å²) in [5.41, 5.74) is 0. The van der Waals surface area contributed by atoms with Gasteiger partial charge in [-0.25, -0.2) is 4.79 Å². The van der Waals surface area contributed by atoms with Crippen LogP contribution in [-0.2, 0) is 9.53 Å². The number of rotatable bonds is 6. The Morgan fingerprint density at radius 3 is 2.60 bits per heavy atom. The first kappa shape index (κ1) is 15.1. The van der Waals surface area contributed by atoms with E-state index >= 15 is 0 Å². The second kappa shape index (κ2) is 6.43. The third kappa shape index (κ3) is 3.85. The lowest BCUT2D eigenvalue weighted by Crippen LogP contribution is -2.41. The van der Waals surface area contributed by atoms with Crippen LogP contribution >= 0.6 is 0 Å². The van der Waals surface area contributed by atoms with Gasteiger partial charge in [0, 0.05) is 33.3 Å². The van der Waals surface area contributed by atoms with Crippen LogP contribution in [0.1, 0.15) is 19.8 Å². The number of carboxylic acid groups (broad SMARTS) is 1. The van der Waals surface area contributed by atoms with Gasteiger partial charge in [-0.05, 0) is 24.7 Å². The molecule has 2 unspecified atom stereocenters. The van der Waals surface area contributed by atoms with Gasteiger partial charge in [-0.3, -0.25) is 4.79 Å². The highest BCUT2D eigenvalue weighted by Crippen LogP contribution is 2.28. The predicted octanol–water partition coefficient (Wildman–Crippen LogP) is 1.12. The van der Waals surface area contributed by atoms with E-state index in [9.17, 15) is 9.59 Å². The zero-order valence-electron chi connectivity index (χ0n) is 12.2. The number of carboxylic acids is 1. The topological polar surface area (TPSA) is 70.1 Å². The average Bonchev–Trinajstić information content (AvgIpc) is 3.14. The maximum Gasteiger partial charge on any atom is 0.319 e. The van der Waals surface area contributed by atoms with Crippen molar-refractivity contribution in [1.82, 2.24) is 9.80 Å². The molecule has 20 heavy (non-hydrogen) atoms. The molecule has 1 saturated heterocycles. The summed E-state index contributed by atoms with van der Waals surface area (Å²) >= 11 is 0. The van der Waals surface area contributed by atoms with Crippen molar-refractivity contribution in [2.75, 3.05) is 39.9 Å². The van der Waals surface area contributed by atoms with Crippen LogP contribution < -0.4 is 0 Å². The molecular formula is C14H24N2O4. The van der Waals surface area contributed by atoms with Crippen LogP contribution in [0.5, 0.6) is 0 Å². The molecule has 2 fully saturated rings. The summed E-state index contributed by atoms with van der Waals surface area (Å²) in [4.78, 5) is 26.5. The molecule has 0 aromatic heterocycles. The highest BCUT2D eigenvalue weighted by molar-refractivity contribution is 5.77. The number of ether oxygens (including phenoxy) is 1. The lowest BCUT2D eigenvalue weighted by atomic mass is 9.99. The van der Waals surface area contributed by atoms with Crippen molar-refractivity contribution in [2.24, 2.45) is 17.8 Å². The van der Waals surface area contributed by atoms with E-state index in [4.69, 9.17) is 9.84 Å². The van der Waals surface area contributed by atoms with Crippen molar-refractivity contribution in [3.05, 3.63) is 0 Å². The molecular weight excluding hydrogens is 260 g/mol. The van der Waals surface area contributed by atoms with Gasteiger partial charge in [-0.2, -0.15) is 0 Å². The Kier molecular flexibility index (Phi) is 4.86. The van der Waals surface area contributed by atoms with Crippen molar-refractivity contribution in [1.29, 1.82) is 0 Å². The Bertz CT molecular complexity index is 370. The first-order chi connectivity index (χ1) is 9.49. The lowest BCUT2D eigenvalue weighted by Gasteiger charge is -2.24. The lowest BCUT2D eigenvalue weighted by molar-refractivity contribution is -0.142. The number of amides is 2. The second-order valence-corrected chi connectivity index (χ2v) is 6.05. The summed E-state index contributed by atoms with van der Waals surface area (Å²) < 4.78 is 5.51. The van der Waals surface area contributed by atoms with Crippen molar-refractivity contribution in [3.63, 3.8) is 0 Å². The molecule has 0 aromatic carbocycles. The van der Waals surface area contributed by atoms with E-state index in [0.29, 0.717) is 26.2 Å². The summed E-state index contributed by atoms with van der Waals surface area (Å²) in [6, 6.07) is -0.101. The molecule has 2 rings (SSSR count). The summed E-state index contributed by atoms with van der Waals surface area (Å²) in [5, 5.41) is 9.08. The third-order valence-corrected chi connectivity index (χ3v) is 4.15. The first-order valence-corrected chi connectivity index (χ1v) is 7.29. The average molecular weight is 284 g/mol. The Morgan fingerprint density at radius 1 is 1.35 bits per heavy atom. The molecule has 2 amide bonds. The van der Waals surface area contributed by atoms with Gasteiger partial charge in [0.2, 0.25) is 0 Å². The summed E-state index contributed by atoms with van der Waals surface area (Å²) in [7, 11) is 1.74. The molecule has 1 aliphatic carbocycles. The summed E-state index contributed by atoms with van der Waals surface area (Å²) in [6.45, 7) is 4.60. The van der Waals surface area contributed by atoms with Gasteiger partial charge in [0.05, 0.1) is 12.5 Å². The molecule has 0 spiro atoms. The van der Waals surface area contributed by atoms with E-state index in [1.165, 1.54) is 12.8 Å². The zero-order valence-corrected chi connectivity index (χ0v) is 12.2. The number of likely N-dealkylation sites (N-methyl/N-ethyl adjacent to an activating group) is 1. The Hall–Kier alpha value is -1.30. The van der Waals surface area contributed by atoms with Gasteiger partial charge in [-0.1, -0.05) is 6.92 Å². The molecule has 0 radical (unpaired) electrons. The van der Waals surface area contributed by atoms with Gasteiger partial charge in [0.15, 0.2) is 0 Å². The Labute approximate surface area is 119 Å². The number of carbonyl (C=O) groups excluding carboxylic acids is 1. The minimum atomic E-state index is -0.816. The fourth-order valence-corrected chi connectivity index (χ4v) is 2.52. The fourth-order valence-electron chi connectivity index (χ4n) is 2.52. The molecule has 1 heterocycles. The smallest absolute Gasteiger partial charge is 0.319 e. The zero-order chi connectivity index (χ0) is 14.7. The predicted molar refractivity (Wildman–Crippen MR) is 73.4 cm³/mol. The van der Waals surface area contributed by atoms with Gasteiger partial charge >= 0.3 is 12.0 Å². The Balaban J connectivity index is 1.71. The van der Waals surface area contributed by atoms with Gasteiger partial charge in [-0.15, -0.1) is 0 Å². The van der Waals surface area contributed by atoms with Crippen LogP contribution in [-0.4, -0.2) is 66.8 Å². The van der Waals surface area contributed by atoms with Crippen molar-refractivity contribution in [3.8, 4) is 0 Å². The minimum absolute atomic E-state index is 0.0102. The largest absolute Gasteiger partial charge is 0.481 e. The molecule has 114 valence electrons. The van der Waals surface area contributed by atoms with E-state index < -0.39 is 11.9 Å². The quantitative estimate of drug-likeness (QED) is 0.742. The van der Waals surface area contributed by atoms with Crippen LogP contribution in [0.25, 0.3) is 0 Å². The fraction of sp³-hybridized carbons (Fsp3) is 0.857. The van der Waals surface area contributed by atoms with E-state index in [2.05, 4.69) is 0 Å². The molecule has 6 nitrogen and oxygen atoms in total. The van der Waals surface area contributed by atoms with Crippen LogP contribution in [0.15, 0.2) is 0 Å². The number of aliphatic carboxylic acids is 1. The van der Waals surface area contributed by atoms with Crippen LogP contribution in [0.4, 0.5) is 4.79 Å². The molecule has 0 bridgehead atoms. The second-order valence-electron chi connectivity index (χ2n) is 6.05. The molecule has 1 aliphatic heterocycles. The van der Waals surface area contributed by atoms with Crippen LogP contribution in [0.3, 0.4) is 0 Å².